The van der Waals surface area contributed by atoms with Gasteiger partial charge >= 0.3 is 5.97 Å². The minimum absolute atomic E-state index is 0.157. The molecule has 1 aliphatic carbocycles. The van der Waals surface area contributed by atoms with Gasteiger partial charge in [0.25, 0.3) is 0 Å². The molecule has 0 bridgehead atoms. The first-order valence-electron chi connectivity index (χ1n) is 7.14. The second-order valence-corrected chi connectivity index (χ2v) is 5.55. The van der Waals surface area contributed by atoms with Crippen molar-refractivity contribution in [1.29, 1.82) is 0 Å². The molecule has 1 N–H and O–H groups in total. The maximum atomic E-state index is 12.4. The molecule has 1 atom stereocenters. The van der Waals surface area contributed by atoms with Crippen LogP contribution < -0.4 is 4.74 Å². The summed E-state index contributed by atoms with van der Waals surface area (Å²) in [6, 6.07) is 3.13. The maximum Gasteiger partial charge on any atom is 0.343 e. The Hall–Kier alpha value is -1.33. The van der Waals surface area contributed by atoms with Gasteiger partial charge in [0.05, 0.1) is 19.3 Å². The molecule has 0 amide bonds. The molecule has 21 heavy (non-hydrogen) atoms. The average molecular weight is 314 g/mol. The zero-order valence-corrected chi connectivity index (χ0v) is 13.0. The van der Waals surface area contributed by atoms with Gasteiger partial charge in [0.2, 0.25) is 5.88 Å². The molecule has 1 heterocycles. The lowest BCUT2D eigenvalue weighted by molar-refractivity contribution is -0.173. The zero-order chi connectivity index (χ0) is 15.5. The molecule has 0 saturated heterocycles. The number of pyridine rings is 1. The van der Waals surface area contributed by atoms with Gasteiger partial charge in [-0.3, -0.25) is 0 Å². The van der Waals surface area contributed by atoms with Gasteiger partial charge in [-0.25, -0.2) is 9.78 Å². The summed E-state index contributed by atoms with van der Waals surface area (Å²) in [6.07, 6.45) is 3.49. The quantitative estimate of drug-likeness (QED) is 0.668. The number of methoxy groups -OCH3 is 1. The Balaban J connectivity index is 2.51. The fourth-order valence-corrected chi connectivity index (χ4v) is 3.08. The Morgan fingerprint density at radius 3 is 2.71 bits per heavy atom. The zero-order valence-electron chi connectivity index (χ0n) is 12.3. The van der Waals surface area contributed by atoms with Gasteiger partial charge in [-0.1, -0.05) is 24.4 Å². The van der Waals surface area contributed by atoms with Crippen LogP contribution in [0.15, 0.2) is 12.1 Å². The molecule has 1 fully saturated rings. The second kappa shape index (κ2) is 6.62. The molecule has 1 saturated carbocycles. The summed E-state index contributed by atoms with van der Waals surface area (Å²) >= 11 is 5.86. The summed E-state index contributed by atoms with van der Waals surface area (Å²) in [6.45, 7) is 1.92. The van der Waals surface area contributed by atoms with Crippen molar-refractivity contribution in [3.8, 4) is 5.88 Å². The van der Waals surface area contributed by atoms with Crippen LogP contribution in [0, 0.1) is 5.92 Å². The van der Waals surface area contributed by atoms with Crippen molar-refractivity contribution in [2.24, 2.45) is 5.92 Å². The SMILES string of the molecule is CCOC(=O)C(O)(c1ccc(Cl)nc1OC)C1CCCC1. The van der Waals surface area contributed by atoms with Crippen molar-refractivity contribution in [3.05, 3.63) is 22.8 Å². The molecular formula is C15H20ClNO4. The largest absolute Gasteiger partial charge is 0.481 e. The van der Waals surface area contributed by atoms with Crippen LogP contribution in [0.25, 0.3) is 0 Å². The van der Waals surface area contributed by atoms with Crippen LogP contribution in [0.4, 0.5) is 0 Å². The third kappa shape index (κ3) is 2.99. The summed E-state index contributed by atoms with van der Waals surface area (Å²) in [4.78, 5) is 16.5. The smallest absolute Gasteiger partial charge is 0.343 e. The van der Waals surface area contributed by atoms with Gasteiger partial charge in [-0.05, 0) is 31.9 Å². The van der Waals surface area contributed by atoms with Gasteiger partial charge < -0.3 is 14.6 Å². The van der Waals surface area contributed by atoms with E-state index in [1.54, 1.807) is 19.1 Å². The number of hydrogen-bond acceptors (Lipinski definition) is 5. The van der Waals surface area contributed by atoms with Gasteiger partial charge in [0.15, 0.2) is 5.60 Å². The van der Waals surface area contributed by atoms with Crippen LogP contribution in [-0.4, -0.2) is 29.8 Å². The summed E-state index contributed by atoms with van der Waals surface area (Å²) in [5.74, 6) is -0.697. The van der Waals surface area contributed by atoms with Gasteiger partial charge in [-0.15, -0.1) is 0 Å². The van der Waals surface area contributed by atoms with E-state index in [9.17, 15) is 9.90 Å². The first-order chi connectivity index (χ1) is 10.0. The van der Waals surface area contributed by atoms with E-state index in [0.717, 1.165) is 25.7 Å². The van der Waals surface area contributed by atoms with Crippen molar-refractivity contribution in [2.75, 3.05) is 13.7 Å². The number of hydrogen-bond donors (Lipinski definition) is 1. The summed E-state index contributed by atoms with van der Waals surface area (Å²) in [7, 11) is 1.43. The minimum Gasteiger partial charge on any atom is -0.481 e. The minimum atomic E-state index is -1.74. The van der Waals surface area contributed by atoms with Crippen LogP contribution in [0.1, 0.15) is 38.2 Å². The summed E-state index contributed by atoms with van der Waals surface area (Å²) in [5.41, 5.74) is -1.42. The third-order valence-corrected chi connectivity index (χ3v) is 4.17. The van der Waals surface area contributed by atoms with E-state index >= 15 is 0 Å². The number of aromatic nitrogens is 1. The highest BCUT2D eigenvalue weighted by Crippen LogP contribution is 2.44. The Kier molecular flexibility index (Phi) is 5.06. The third-order valence-electron chi connectivity index (χ3n) is 3.96. The normalized spacial score (nSPS) is 18.3. The molecule has 1 aromatic heterocycles. The first kappa shape index (κ1) is 16.0. The maximum absolute atomic E-state index is 12.4. The number of carbonyl (C=O) groups excluding carboxylic acids is 1. The lowest BCUT2D eigenvalue weighted by atomic mass is 9.80. The van der Waals surface area contributed by atoms with Crippen LogP contribution >= 0.6 is 11.6 Å². The van der Waals surface area contributed by atoms with Crippen molar-refractivity contribution in [2.45, 2.75) is 38.2 Å². The van der Waals surface area contributed by atoms with Gasteiger partial charge in [0, 0.05) is 5.92 Å². The molecular weight excluding hydrogens is 294 g/mol. The fraction of sp³-hybridized carbons (Fsp3) is 0.600. The molecule has 1 aromatic rings. The molecule has 0 spiro atoms. The number of halogens is 1. The summed E-state index contributed by atoms with van der Waals surface area (Å²) < 4.78 is 10.3. The van der Waals surface area contributed by atoms with Crippen LogP contribution in [-0.2, 0) is 15.1 Å². The Bertz CT molecular complexity index is 516. The van der Waals surface area contributed by atoms with Crippen LogP contribution in [0.2, 0.25) is 5.15 Å². The van der Waals surface area contributed by atoms with E-state index < -0.39 is 11.6 Å². The molecule has 0 aliphatic heterocycles. The predicted octanol–water partition coefficient (Wildman–Crippen LogP) is 2.68. The average Bonchev–Trinajstić information content (AvgIpc) is 3.01. The van der Waals surface area contributed by atoms with Crippen molar-refractivity contribution < 1.29 is 19.4 Å². The van der Waals surface area contributed by atoms with Crippen molar-refractivity contribution in [3.63, 3.8) is 0 Å². The van der Waals surface area contributed by atoms with E-state index in [1.807, 2.05) is 0 Å². The van der Waals surface area contributed by atoms with Crippen LogP contribution in [0.5, 0.6) is 5.88 Å². The Labute approximate surface area is 129 Å². The van der Waals surface area contributed by atoms with E-state index in [2.05, 4.69) is 4.98 Å². The van der Waals surface area contributed by atoms with E-state index in [4.69, 9.17) is 21.1 Å². The predicted molar refractivity (Wildman–Crippen MR) is 78.3 cm³/mol. The first-order valence-corrected chi connectivity index (χ1v) is 7.52. The molecule has 0 aromatic carbocycles. The monoisotopic (exact) mass is 313 g/mol. The number of carbonyl (C=O) groups is 1. The molecule has 6 heteroatoms. The molecule has 1 unspecified atom stereocenters. The van der Waals surface area contributed by atoms with E-state index in [-0.39, 0.29) is 23.6 Å². The van der Waals surface area contributed by atoms with Crippen molar-refractivity contribution in [1.82, 2.24) is 4.98 Å². The highest BCUT2D eigenvalue weighted by atomic mass is 35.5. The Morgan fingerprint density at radius 1 is 1.48 bits per heavy atom. The van der Waals surface area contributed by atoms with E-state index in [0.29, 0.717) is 5.56 Å². The number of rotatable bonds is 5. The van der Waals surface area contributed by atoms with Crippen molar-refractivity contribution >= 4 is 17.6 Å². The lowest BCUT2D eigenvalue weighted by Gasteiger charge is -2.32. The lowest BCUT2D eigenvalue weighted by Crippen LogP contribution is -2.44. The standard InChI is InChI=1S/C15H20ClNO4/c1-3-21-14(18)15(19,10-6-4-5-7-10)11-8-9-12(16)17-13(11)20-2/h8-10,19H,3-7H2,1-2H3. The molecule has 5 nitrogen and oxygen atoms in total. The van der Waals surface area contributed by atoms with Crippen LogP contribution in [0.3, 0.4) is 0 Å². The van der Waals surface area contributed by atoms with E-state index in [1.165, 1.54) is 7.11 Å². The molecule has 0 radical (unpaired) electrons. The number of aliphatic hydroxyl groups is 1. The number of ether oxygens (including phenoxy) is 2. The number of nitrogens with zero attached hydrogens (tertiary/aromatic N) is 1. The van der Waals surface area contributed by atoms with Gasteiger partial charge in [-0.2, -0.15) is 0 Å². The topological polar surface area (TPSA) is 68.7 Å². The second-order valence-electron chi connectivity index (χ2n) is 5.16. The fourth-order valence-electron chi connectivity index (χ4n) is 2.94. The molecule has 2 rings (SSSR count). The highest BCUT2D eigenvalue weighted by molar-refractivity contribution is 6.29. The molecule has 1 aliphatic rings. The Morgan fingerprint density at radius 2 is 2.14 bits per heavy atom. The number of esters is 1. The molecule has 116 valence electrons. The highest BCUT2D eigenvalue weighted by Gasteiger charge is 2.49. The van der Waals surface area contributed by atoms with Gasteiger partial charge in [0.1, 0.15) is 5.15 Å². The summed E-state index contributed by atoms with van der Waals surface area (Å²) in [5, 5.41) is 11.4.